The summed E-state index contributed by atoms with van der Waals surface area (Å²) >= 11 is 8.41. The fraction of sp³-hybridized carbons (Fsp3) is 0.231. The van der Waals surface area contributed by atoms with Crippen LogP contribution in [-0.4, -0.2) is 9.97 Å². The fourth-order valence-corrected chi connectivity index (χ4v) is 2.22. The highest BCUT2D eigenvalue weighted by Gasteiger charge is 2.06. The monoisotopic (exact) mass is 339 g/mol. The summed E-state index contributed by atoms with van der Waals surface area (Å²) in [6.07, 6.45) is 2.60. The van der Waals surface area contributed by atoms with E-state index in [-0.39, 0.29) is 0 Å². The van der Waals surface area contributed by atoms with Gasteiger partial charge in [-0.15, -0.1) is 0 Å². The van der Waals surface area contributed by atoms with Crippen molar-refractivity contribution < 1.29 is 4.42 Å². The third-order valence-corrected chi connectivity index (χ3v) is 3.53. The highest BCUT2D eigenvalue weighted by Crippen LogP contribution is 2.24. The van der Waals surface area contributed by atoms with E-state index in [1.807, 2.05) is 25.1 Å². The quantitative estimate of drug-likeness (QED) is 0.818. The topological polar surface area (TPSA) is 64.1 Å². The van der Waals surface area contributed by atoms with Crippen LogP contribution in [0.4, 0.5) is 5.69 Å². The number of aromatic nitrogens is 1. The largest absolute Gasteiger partial charge is 0.444 e. The predicted molar refractivity (Wildman–Crippen MR) is 83.2 cm³/mol. The Bertz CT molecular complexity index is 597. The molecule has 1 aromatic carbocycles. The lowest BCUT2D eigenvalue weighted by Gasteiger charge is -2.08. The van der Waals surface area contributed by atoms with Gasteiger partial charge < -0.3 is 15.5 Å². The molecule has 0 aliphatic rings. The second-order valence-corrected chi connectivity index (χ2v) is 5.28. The van der Waals surface area contributed by atoms with E-state index < -0.39 is 0 Å². The molecule has 0 spiro atoms. The number of hydrogen-bond acceptors (Lipinski definition) is 4. The summed E-state index contributed by atoms with van der Waals surface area (Å²) in [5.74, 6) is 1.56. The maximum atomic E-state index is 5.58. The number of oxazole rings is 1. The Morgan fingerprint density at radius 3 is 2.89 bits per heavy atom. The summed E-state index contributed by atoms with van der Waals surface area (Å²) in [4.78, 5) is 4.57. The first kappa shape index (κ1) is 14.0. The molecule has 0 unspecified atom stereocenters. The van der Waals surface area contributed by atoms with Crippen molar-refractivity contribution in [3.05, 3.63) is 46.1 Å². The predicted octanol–water partition coefficient (Wildman–Crippen LogP) is 3.25. The molecule has 0 fully saturated rings. The molecule has 3 N–H and O–H groups in total. The van der Waals surface area contributed by atoms with Crippen molar-refractivity contribution in [3.63, 3.8) is 0 Å². The molecule has 0 saturated heterocycles. The molecular formula is C13H14BrN3OS. The minimum atomic E-state index is 0.382. The molecule has 4 nitrogen and oxygen atoms in total. The van der Waals surface area contributed by atoms with Crippen LogP contribution in [0.15, 0.2) is 33.3 Å². The van der Waals surface area contributed by atoms with Crippen LogP contribution in [0.5, 0.6) is 0 Å². The Labute approximate surface area is 125 Å². The number of nitrogens with two attached hydrogens (primary N) is 1. The molecule has 6 heteroatoms. The summed E-state index contributed by atoms with van der Waals surface area (Å²) < 4.78 is 6.43. The second-order valence-electron chi connectivity index (χ2n) is 3.99. The summed E-state index contributed by atoms with van der Waals surface area (Å²) in [6.45, 7) is 2.56. The van der Waals surface area contributed by atoms with E-state index in [9.17, 15) is 0 Å². The van der Waals surface area contributed by atoms with Gasteiger partial charge in [0.2, 0.25) is 5.89 Å². The normalized spacial score (nSPS) is 10.4. The number of hydrogen-bond donors (Lipinski definition) is 2. The van der Waals surface area contributed by atoms with Crippen molar-refractivity contribution in [3.8, 4) is 0 Å². The molecule has 1 aromatic heterocycles. The van der Waals surface area contributed by atoms with Crippen molar-refractivity contribution in [2.45, 2.75) is 19.9 Å². The SMILES string of the molecule is CCc1cnc(CNc2ccc(C(N)=S)cc2Br)o1. The van der Waals surface area contributed by atoms with Gasteiger partial charge in [0.15, 0.2) is 0 Å². The zero-order valence-electron chi connectivity index (χ0n) is 10.4. The fourth-order valence-electron chi connectivity index (χ4n) is 1.58. The minimum Gasteiger partial charge on any atom is -0.444 e. The van der Waals surface area contributed by atoms with Crippen LogP contribution in [0.1, 0.15) is 24.1 Å². The number of thiocarbonyl (C=S) groups is 1. The number of benzene rings is 1. The smallest absolute Gasteiger partial charge is 0.213 e. The Kier molecular flexibility index (Phi) is 4.55. The van der Waals surface area contributed by atoms with Crippen LogP contribution in [-0.2, 0) is 13.0 Å². The van der Waals surface area contributed by atoms with Crippen molar-refractivity contribution in [2.75, 3.05) is 5.32 Å². The van der Waals surface area contributed by atoms with Gasteiger partial charge >= 0.3 is 0 Å². The maximum absolute atomic E-state index is 5.58. The lowest BCUT2D eigenvalue weighted by atomic mass is 10.2. The van der Waals surface area contributed by atoms with Crippen LogP contribution in [0, 0.1) is 0 Å². The van der Waals surface area contributed by atoms with Gasteiger partial charge in [-0.1, -0.05) is 19.1 Å². The molecule has 0 amide bonds. The highest BCUT2D eigenvalue weighted by atomic mass is 79.9. The minimum absolute atomic E-state index is 0.382. The standard InChI is InChI=1S/C13H14BrN3OS/c1-2-9-6-17-12(18-9)7-16-11-4-3-8(13(15)19)5-10(11)14/h3-6,16H,2,7H2,1H3,(H2,15,19). The Morgan fingerprint density at radius 2 is 2.32 bits per heavy atom. The molecule has 0 radical (unpaired) electrons. The summed E-state index contributed by atoms with van der Waals surface area (Å²) in [5.41, 5.74) is 7.35. The van der Waals surface area contributed by atoms with Crippen molar-refractivity contribution >= 4 is 38.8 Å². The van der Waals surface area contributed by atoms with Crippen LogP contribution >= 0.6 is 28.1 Å². The number of anilines is 1. The Morgan fingerprint density at radius 1 is 1.53 bits per heavy atom. The van der Waals surface area contributed by atoms with Gasteiger partial charge in [-0.25, -0.2) is 4.98 Å². The van der Waals surface area contributed by atoms with Gasteiger partial charge in [-0.3, -0.25) is 0 Å². The number of nitrogens with one attached hydrogen (secondary N) is 1. The van der Waals surface area contributed by atoms with Crippen LogP contribution < -0.4 is 11.1 Å². The molecule has 0 aliphatic carbocycles. The maximum Gasteiger partial charge on any atom is 0.213 e. The van der Waals surface area contributed by atoms with Crippen molar-refractivity contribution in [1.29, 1.82) is 0 Å². The van der Waals surface area contributed by atoms with E-state index in [4.69, 9.17) is 22.4 Å². The number of rotatable bonds is 5. The Hall–Kier alpha value is -1.40. The van der Waals surface area contributed by atoms with Gasteiger partial charge in [-0.05, 0) is 34.1 Å². The average Bonchev–Trinajstić information content (AvgIpc) is 2.85. The van der Waals surface area contributed by atoms with E-state index in [2.05, 4.69) is 26.2 Å². The summed E-state index contributed by atoms with van der Waals surface area (Å²) in [6, 6.07) is 5.68. The van der Waals surface area contributed by atoms with Crippen molar-refractivity contribution in [1.82, 2.24) is 4.98 Å². The van der Waals surface area contributed by atoms with Crippen molar-refractivity contribution in [2.24, 2.45) is 5.73 Å². The molecule has 19 heavy (non-hydrogen) atoms. The molecule has 2 aromatic rings. The third kappa shape index (κ3) is 3.54. The summed E-state index contributed by atoms with van der Waals surface area (Å²) in [5, 5.41) is 3.25. The zero-order valence-corrected chi connectivity index (χ0v) is 12.8. The molecule has 0 aliphatic heterocycles. The lowest BCUT2D eigenvalue weighted by molar-refractivity contribution is 0.466. The van der Waals surface area contributed by atoms with Gasteiger partial charge in [0.25, 0.3) is 0 Å². The zero-order chi connectivity index (χ0) is 13.8. The second kappa shape index (κ2) is 6.16. The first-order chi connectivity index (χ1) is 9.10. The first-order valence-corrected chi connectivity index (χ1v) is 7.07. The van der Waals surface area contributed by atoms with E-state index in [0.717, 1.165) is 27.9 Å². The molecular weight excluding hydrogens is 326 g/mol. The van der Waals surface area contributed by atoms with Crippen LogP contribution in [0.25, 0.3) is 0 Å². The third-order valence-electron chi connectivity index (χ3n) is 2.63. The van der Waals surface area contributed by atoms with Gasteiger partial charge in [0, 0.05) is 22.1 Å². The first-order valence-electron chi connectivity index (χ1n) is 5.87. The van der Waals surface area contributed by atoms with Gasteiger partial charge in [-0.2, -0.15) is 0 Å². The average molecular weight is 340 g/mol. The van der Waals surface area contributed by atoms with E-state index in [1.165, 1.54) is 0 Å². The van der Waals surface area contributed by atoms with Gasteiger partial charge in [0.05, 0.1) is 12.7 Å². The number of nitrogens with zero attached hydrogens (tertiary/aromatic N) is 1. The number of halogens is 1. The van der Waals surface area contributed by atoms with E-state index in [0.29, 0.717) is 17.4 Å². The Balaban J connectivity index is 2.05. The van der Waals surface area contributed by atoms with E-state index >= 15 is 0 Å². The molecule has 100 valence electrons. The highest BCUT2D eigenvalue weighted by molar-refractivity contribution is 9.10. The summed E-state index contributed by atoms with van der Waals surface area (Å²) in [7, 11) is 0. The van der Waals surface area contributed by atoms with E-state index in [1.54, 1.807) is 6.20 Å². The number of aryl methyl sites for hydroxylation is 1. The molecule has 0 atom stereocenters. The van der Waals surface area contributed by atoms with Gasteiger partial charge in [0.1, 0.15) is 10.7 Å². The molecule has 0 saturated carbocycles. The molecule has 0 bridgehead atoms. The van der Waals surface area contributed by atoms with Crippen LogP contribution in [0.2, 0.25) is 0 Å². The lowest BCUT2D eigenvalue weighted by Crippen LogP contribution is -2.09. The molecule has 1 heterocycles. The molecule has 2 rings (SSSR count). The van der Waals surface area contributed by atoms with Crippen LogP contribution in [0.3, 0.4) is 0 Å².